The van der Waals surface area contributed by atoms with E-state index >= 15 is 0 Å². The Morgan fingerprint density at radius 3 is 1.55 bits per heavy atom. The zero-order valence-corrected chi connectivity index (χ0v) is 31.9. The van der Waals surface area contributed by atoms with Crippen LogP contribution in [0.3, 0.4) is 0 Å². The van der Waals surface area contributed by atoms with Gasteiger partial charge in [0.15, 0.2) is 6.10 Å². The van der Waals surface area contributed by atoms with Gasteiger partial charge in [0.1, 0.15) is 6.61 Å². The molecule has 0 aromatic heterocycles. The van der Waals surface area contributed by atoms with E-state index in [4.69, 9.17) is 9.47 Å². The summed E-state index contributed by atoms with van der Waals surface area (Å²) in [5, 5.41) is 2.75. The Bertz CT molecular complexity index is 711. The summed E-state index contributed by atoms with van der Waals surface area (Å²) in [6, 6.07) is 0. The molecule has 0 rings (SSSR count). The molecule has 1 amide bonds. The largest absolute Gasteiger partial charge is 1.00 e. The fourth-order valence-corrected chi connectivity index (χ4v) is 4.62. The van der Waals surface area contributed by atoms with E-state index in [1.807, 2.05) is 0 Å². The summed E-state index contributed by atoms with van der Waals surface area (Å²) in [6.07, 6.45) is 18.6. The number of amides is 1. The van der Waals surface area contributed by atoms with Crippen molar-refractivity contribution in [2.75, 3.05) is 19.8 Å². The van der Waals surface area contributed by atoms with Crippen LogP contribution in [0.15, 0.2) is 0 Å². The van der Waals surface area contributed by atoms with Crippen LogP contribution in [0.1, 0.15) is 142 Å². The second-order valence-corrected chi connectivity index (χ2v) is 11.7. The zero-order chi connectivity index (χ0) is 29.9. The van der Waals surface area contributed by atoms with Crippen molar-refractivity contribution in [3.63, 3.8) is 0 Å². The van der Waals surface area contributed by atoms with Gasteiger partial charge in [-0.05, 0) is 19.3 Å². The average molecular weight is 638 g/mol. The fourth-order valence-electron chi connectivity index (χ4n) is 4.27. The van der Waals surface area contributed by atoms with Gasteiger partial charge in [-0.2, -0.15) is 0 Å². The van der Waals surface area contributed by atoms with Crippen LogP contribution in [-0.2, 0) is 32.9 Å². The van der Waals surface area contributed by atoms with Crippen LogP contribution in [0.2, 0.25) is 0 Å². The monoisotopic (exact) mass is 637 g/mol. The first kappa shape index (κ1) is 46.9. The molecule has 0 fully saturated rings. The first-order valence-electron chi connectivity index (χ1n) is 15.4. The Balaban J connectivity index is -0.00000760. The minimum absolute atomic E-state index is 0. The molecule has 0 saturated carbocycles. The minimum atomic E-state index is -5.25. The molecule has 1 N–H and O–H groups in total. The average Bonchev–Trinajstić information content (AvgIpc) is 2.89. The number of phosphoric ester groups is 1. The van der Waals surface area contributed by atoms with Gasteiger partial charge in [-0.1, -0.05) is 103 Å². The van der Waals surface area contributed by atoms with E-state index in [0.29, 0.717) is 19.4 Å². The summed E-state index contributed by atoms with van der Waals surface area (Å²) >= 11 is 0. The van der Waals surface area contributed by atoms with Crippen molar-refractivity contribution in [3.8, 4) is 0 Å². The van der Waals surface area contributed by atoms with Gasteiger partial charge in [-0.15, -0.1) is 0 Å². The molecule has 0 bridgehead atoms. The number of rotatable bonds is 28. The van der Waals surface area contributed by atoms with E-state index in [1.54, 1.807) is 0 Å². The van der Waals surface area contributed by atoms with E-state index in [1.165, 1.54) is 58.3 Å². The summed E-state index contributed by atoms with van der Waals surface area (Å²) in [7, 11) is -5.25. The maximum atomic E-state index is 12.2. The van der Waals surface area contributed by atoms with Gasteiger partial charge in [0.25, 0.3) is 0 Å². The molecule has 10 nitrogen and oxygen atoms in total. The van der Waals surface area contributed by atoms with Crippen molar-refractivity contribution in [2.24, 2.45) is 0 Å². The van der Waals surface area contributed by atoms with E-state index in [9.17, 15) is 28.7 Å². The molecule has 42 heavy (non-hydrogen) atoms. The van der Waals surface area contributed by atoms with E-state index in [-0.39, 0.29) is 84.5 Å². The van der Waals surface area contributed by atoms with Gasteiger partial charge in [-0.25, -0.2) is 0 Å². The van der Waals surface area contributed by atoms with Crippen LogP contribution in [0.25, 0.3) is 0 Å². The molecule has 1 atom stereocenters. The fraction of sp³-hybridized carbons (Fsp3) is 0.897. The van der Waals surface area contributed by atoms with Gasteiger partial charge in [-0.3, -0.25) is 14.4 Å². The third-order valence-electron chi connectivity index (χ3n) is 6.56. The van der Waals surface area contributed by atoms with Crippen molar-refractivity contribution in [2.45, 2.75) is 148 Å². The number of unbranched alkanes of at least 4 members (excludes halogenated alkanes) is 16. The number of nitrogens with one attached hydrogen (secondary N) is 1. The maximum Gasteiger partial charge on any atom is 1.00 e. The molecular weight excluding hydrogens is 583 g/mol. The van der Waals surface area contributed by atoms with E-state index in [2.05, 4.69) is 16.8 Å². The Hall–Kier alpha value is 0.520. The molecule has 0 unspecified atom stereocenters. The predicted octanol–water partition coefficient (Wildman–Crippen LogP) is -0.747. The van der Waals surface area contributed by atoms with Gasteiger partial charge in [0, 0.05) is 26.3 Å². The first-order chi connectivity index (χ1) is 19.1. The molecule has 0 aliphatic heterocycles. The molecule has 0 saturated heterocycles. The molecule has 0 heterocycles. The van der Waals surface area contributed by atoms with Crippen LogP contribution in [-0.4, -0.2) is 43.7 Å². The minimum Gasteiger partial charge on any atom is -0.790 e. The molecule has 0 radical (unpaired) electrons. The summed E-state index contributed by atoms with van der Waals surface area (Å²) in [4.78, 5) is 56.8. The molecule has 0 aromatic carbocycles. The smallest absolute Gasteiger partial charge is 0.790 e. The predicted molar refractivity (Wildman–Crippen MR) is 151 cm³/mol. The Kier molecular flexibility index (Phi) is 36.8. The van der Waals surface area contributed by atoms with Gasteiger partial charge in [0.2, 0.25) is 5.91 Å². The molecule has 0 aliphatic carbocycles. The third-order valence-corrected chi connectivity index (χ3v) is 7.03. The molecule has 0 aliphatic rings. The summed E-state index contributed by atoms with van der Waals surface area (Å²) in [6.45, 7) is 3.33. The van der Waals surface area contributed by atoms with Crippen LogP contribution in [0, 0.1) is 0 Å². The van der Waals surface area contributed by atoms with E-state index in [0.717, 1.165) is 51.4 Å². The van der Waals surface area contributed by atoms with Gasteiger partial charge >= 0.3 is 71.1 Å². The Morgan fingerprint density at radius 1 is 0.667 bits per heavy atom. The van der Waals surface area contributed by atoms with Crippen LogP contribution >= 0.6 is 7.82 Å². The second-order valence-electron chi connectivity index (χ2n) is 10.5. The summed E-state index contributed by atoms with van der Waals surface area (Å²) < 4.78 is 25.5. The molecule has 236 valence electrons. The van der Waals surface area contributed by atoms with Crippen LogP contribution in [0.4, 0.5) is 0 Å². The van der Waals surface area contributed by atoms with Crippen molar-refractivity contribution < 1.29 is 102 Å². The molecule has 0 spiro atoms. The molecular formula is C29H54NNa2O9P. The van der Waals surface area contributed by atoms with Gasteiger partial charge < -0.3 is 33.7 Å². The van der Waals surface area contributed by atoms with Crippen LogP contribution < -0.4 is 74.2 Å². The summed E-state index contributed by atoms with van der Waals surface area (Å²) in [5.41, 5.74) is 0. The normalized spacial score (nSPS) is 11.6. The number of hydrogen-bond donors (Lipinski definition) is 1. The SMILES string of the molecule is CCCCCCCCCCCCCCC(=O)O[C@@H](COC(=O)CCCCCCCCNC(C)=O)COP(=O)([O-])[O-].[Na+].[Na+]. The number of phosphoric acid groups is 1. The number of ether oxygens (including phenoxy) is 2. The number of carbonyl (C=O) groups is 3. The first-order valence-corrected chi connectivity index (χ1v) is 16.9. The second kappa shape index (κ2) is 32.9. The zero-order valence-electron chi connectivity index (χ0n) is 27.0. The van der Waals surface area contributed by atoms with Crippen molar-refractivity contribution in [1.82, 2.24) is 5.32 Å². The van der Waals surface area contributed by atoms with Gasteiger partial charge in [0.05, 0.1) is 14.4 Å². The Morgan fingerprint density at radius 2 is 1.10 bits per heavy atom. The quantitative estimate of drug-likeness (QED) is 0.0505. The van der Waals surface area contributed by atoms with Crippen molar-refractivity contribution >= 4 is 25.7 Å². The van der Waals surface area contributed by atoms with Crippen LogP contribution in [0.5, 0.6) is 0 Å². The Labute approximate surface area is 298 Å². The standard InChI is InChI=1S/C29H56NO9P.2Na/c1-3-4-5-6-7-8-9-10-11-12-16-19-22-29(33)39-27(25-38-40(34,35)36)24-37-28(32)21-18-15-13-14-17-20-23-30-26(2)31;;/h27H,3-25H2,1-2H3,(H,30,31)(H2,34,35,36);;/q;2*+1/p-2/t27-;;/m0../s1. The third kappa shape index (κ3) is 36.7. The summed E-state index contributed by atoms with van der Waals surface area (Å²) in [5.74, 6) is -1.06. The van der Waals surface area contributed by atoms with Crippen molar-refractivity contribution in [3.05, 3.63) is 0 Å². The number of carbonyl (C=O) groups excluding carboxylic acids is 3. The van der Waals surface area contributed by atoms with E-state index < -0.39 is 32.5 Å². The molecule has 0 aromatic rings. The number of hydrogen-bond acceptors (Lipinski definition) is 9. The molecule has 13 heteroatoms. The number of esters is 2. The maximum absolute atomic E-state index is 12.2. The van der Waals surface area contributed by atoms with Crippen molar-refractivity contribution in [1.29, 1.82) is 0 Å². The topological polar surface area (TPSA) is 154 Å².